The molecule has 2 amide bonds. The van der Waals surface area contributed by atoms with Crippen LogP contribution in [-0.4, -0.2) is 42.2 Å². The highest BCUT2D eigenvalue weighted by Gasteiger charge is 2.56. The van der Waals surface area contributed by atoms with Crippen LogP contribution in [0.3, 0.4) is 0 Å². The minimum absolute atomic E-state index is 0.0630. The summed E-state index contributed by atoms with van der Waals surface area (Å²) in [7, 11) is 1.64. The first-order chi connectivity index (χ1) is 17.1. The second kappa shape index (κ2) is 10.3. The minimum Gasteiger partial charge on any atom is -0.497 e. The third-order valence-electron chi connectivity index (χ3n) is 8.45. The zero-order chi connectivity index (χ0) is 24.3. The molecule has 3 aliphatic rings. The Morgan fingerprint density at radius 1 is 1.03 bits per heavy atom. The lowest BCUT2D eigenvalue weighted by atomic mass is 9.62. The van der Waals surface area contributed by atoms with Crippen LogP contribution in [-0.2, 0) is 22.5 Å². The molecule has 2 aromatic carbocycles. The largest absolute Gasteiger partial charge is 0.497 e. The van der Waals surface area contributed by atoms with Crippen molar-refractivity contribution in [3.63, 3.8) is 0 Å². The molecule has 4 atom stereocenters. The normalized spacial score (nSPS) is 28.0. The van der Waals surface area contributed by atoms with E-state index in [0.29, 0.717) is 24.8 Å². The maximum absolute atomic E-state index is 13.0. The van der Waals surface area contributed by atoms with Crippen molar-refractivity contribution in [1.29, 1.82) is 0 Å². The number of hydrogen-bond acceptors (Lipinski definition) is 4. The van der Waals surface area contributed by atoms with Crippen LogP contribution in [0.1, 0.15) is 56.1 Å². The number of alkyl carbamates (subject to hydrolysis) is 1. The molecular formula is C29H36N2O4. The summed E-state index contributed by atoms with van der Waals surface area (Å²) < 4.78 is 11.3. The zero-order valence-electron chi connectivity index (χ0n) is 20.6. The SMILES string of the molecule is COc1ccc(CNC(=O)O[C@H]2CC[C@@]34CCCN3C(=O)CCC[C@H]4[C@H]2Cc2ccccc2)cc1. The van der Waals surface area contributed by atoms with Gasteiger partial charge in [-0.25, -0.2) is 4.79 Å². The van der Waals surface area contributed by atoms with Gasteiger partial charge < -0.3 is 19.7 Å². The van der Waals surface area contributed by atoms with Gasteiger partial charge in [0, 0.05) is 31.0 Å². The molecule has 2 aliphatic heterocycles. The Morgan fingerprint density at radius 2 is 1.83 bits per heavy atom. The van der Waals surface area contributed by atoms with Gasteiger partial charge in [0.25, 0.3) is 0 Å². The Balaban J connectivity index is 1.33. The molecule has 0 bridgehead atoms. The number of carbonyl (C=O) groups is 2. The smallest absolute Gasteiger partial charge is 0.407 e. The third-order valence-corrected chi connectivity index (χ3v) is 8.45. The predicted molar refractivity (Wildman–Crippen MR) is 134 cm³/mol. The number of methoxy groups -OCH3 is 1. The van der Waals surface area contributed by atoms with Gasteiger partial charge in [-0.1, -0.05) is 42.5 Å². The highest BCUT2D eigenvalue weighted by atomic mass is 16.6. The van der Waals surface area contributed by atoms with Crippen molar-refractivity contribution in [3.8, 4) is 5.75 Å². The first kappa shape index (κ1) is 23.7. The van der Waals surface area contributed by atoms with Crippen molar-refractivity contribution in [1.82, 2.24) is 10.2 Å². The molecule has 2 aromatic rings. The molecule has 6 nitrogen and oxygen atoms in total. The van der Waals surface area contributed by atoms with E-state index in [-0.39, 0.29) is 23.7 Å². The summed E-state index contributed by atoms with van der Waals surface area (Å²) in [6.45, 7) is 1.29. The zero-order valence-corrected chi connectivity index (χ0v) is 20.6. The Kier molecular flexibility index (Phi) is 6.98. The van der Waals surface area contributed by atoms with Crippen LogP contribution >= 0.6 is 0 Å². The van der Waals surface area contributed by atoms with Crippen molar-refractivity contribution < 1.29 is 19.1 Å². The first-order valence-electron chi connectivity index (χ1n) is 13.0. The van der Waals surface area contributed by atoms with Crippen LogP contribution in [0.15, 0.2) is 54.6 Å². The summed E-state index contributed by atoms with van der Waals surface area (Å²) in [5, 5.41) is 2.94. The van der Waals surface area contributed by atoms with Crippen LogP contribution in [0.2, 0.25) is 0 Å². The van der Waals surface area contributed by atoms with Crippen LogP contribution < -0.4 is 10.1 Å². The number of amides is 2. The number of nitrogens with zero attached hydrogens (tertiary/aromatic N) is 1. The van der Waals surface area contributed by atoms with E-state index < -0.39 is 0 Å². The van der Waals surface area contributed by atoms with E-state index in [4.69, 9.17) is 9.47 Å². The molecular weight excluding hydrogens is 440 g/mol. The number of ether oxygens (including phenoxy) is 2. The summed E-state index contributed by atoms with van der Waals surface area (Å²) in [4.78, 5) is 28.1. The fraction of sp³-hybridized carbons (Fsp3) is 0.517. The molecule has 0 aromatic heterocycles. The van der Waals surface area contributed by atoms with Crippen molar-refractivity contribution >= 4 is 12.0 Å². The average Bonchev–Trinajstić information content (AvgIpc) is 3.25. The Morgan fingerprint density at radius 3 is 2.60 bits per heavy atom. The van der Waals surface area contributed by atoms with Gasteiger partial charge >= 0.3 is 6.09 Å². The number of rotatable bonds is 6. The summed E-state index contributed by atoms with van der Waals surface area (Å²) in [6.07, 6.45) is 6.80. The van der Waals surface area contributed by atoms with E-state index in [0.717, 1.165) is 62.8 Å². The van der Waals surface area contributed by atoms with Gasteiger partial charge in [0.2, 0.25) is 5.91 Å². The fourth-order valence-electron chi connectivity index (χ4n) is 6.86. The number of hydrogen-bond donors (Lipinski definition) is 1. The summed E-state index contributed by atoms with van der Waals surface area (Å²) in [5.74, 6) is 1.66. The Hall–Kier alpha value is -3.02. The molecule has 2 saturated heterocycles. The minimum atomic E-state index is -0.368. The maximum Gasteiger partial charge on any atom is 0.407 e. The predicted octanol–water partition coefficient (Wildman–Crippen LogP) is 5.10. The standard InChI is InChI=1S/C29H36N2O4/c1-34-23-13-11-22(12-14-23)20-30-28(33)35-26-15-17-29-16-6-18-31(29)27(32)10-5-9-25(29)24(26)19-21-7-3-2-4-8-21/h2-4,7-8,11-14,24-26H,5-6,9-10,15-20H2,1H3,(H,30,33)/t24-,25+,26+,29-/m1/s1. The van der Waals surface area contributed by atoms with Gasteiger partial charge in [0.05, 0.1) is 7.11 Å². The van der Waals surface area contributed by atoms with Gasteiger partial charge in [-0.2, -0.15) is 0 Å². The summed E-state index contributed by atoms with van der Waals surface area (Å²) in [5.41, 5.74) is 2.20. The molecule has 1 N–H and O–H groups in total. The quantitative estimate of drug-likeness (QED) is 0.630. The van der Waals surface area contributed by atoms with Crippen LogP contribution in [0.25, 0.3) is 0 Å². The lowest BCUT2D eigenvalue weighted by molar-refractivity contribution is -0.141. The molecule has 3 fully saturated rings. The van der Waals surface area contributed by atoms with E-state index in [1.807, 2.05) is 30.3 Å². The highest BCUT2D eigenvalue weighted by Crippen LogP contribution is 2.53. The van der Waals surface area contributed by atoms with Crippen LogP contribution in [0, 0.1) is 11.8 Å². The van der Waals surface area contributed by atoms with Crippen molar-refractivity contribution in [2.24, 2.45) is 11.8 Å². The first-order valence-corrected chi connectivity index (χ1v) is 13.0. The molecule has 1 aliphatic carbocycles. The summed E-state index contributed by atoms with van der Waals surface area (Å²) in [6, 6.07) is 18.2. The van der Waals surface area contributed by atoms with Crippen molar-refractivity contribution in [3.05, 3.63) is 65.7 Å². The topological polar surface area (TPSA) is 67.9 Å². The number of benzene rings is 2. The monoisotopic (exact) mass is 476 g/mol. The maximum atomic E-state index is 13.0. The third kappa shape index (κ3) is 4.89. The van der Waals surface area contributed by atoms with E-state index in [2.05, 4.69) is 34.5 Å². The van der Waals surface area contributed by atoms with E-state index in [1.165, 1.54) is 5.56 Å². The van der Waals surface area contributed by atoms with Gasteiger partial charge in [-0.15, -0.1) is 0 Å². The molecule has 1 saturated carbocycles. The summed E-state index contributed by atoms with van der Waals surface area (Å²) >= 11 is 0. The van der Waals surface area contributed by atoms with E-state index >= 15 is 0 Å². The van der Waals surface area contributed by atoms with Gasteiger partial charge in [-0.3, -0.25) is 4.79 Å². The lowest BCUT2D eigenvalue weighted by Crippen LogP contribution is -2.58. The Bertz CT molecular complexity index is 1020. The second-order valence-electron chi connectivity index (χ2n) is 10.3. The molecule has 35 heavy (non-hydrogen) atoms. The van der Waals surface area contributed by atoms with Gasteiger partial charge in [-0.05, 0) is 74.1 Å². The average molecular weight is 477 g/mol. The van der Waals surface area contributed by atoms with E-state index in [9.17, 15) is 9.59 Å². The van der Waals surface area contributed by atoms with Crippen molar-refractivity contribution in [2.75, 3.05) is 13.7 Å². The van der Waals surface area contributed by atoms with Crippen LogP contribution in [0.5, 0.6) is 5.75 Å². The van der Waals surface area contributed by atoms with E-state index in [1.54, 1.807) is 7.11 Å². The molecule has 186 valence electrons. The molecule has 5 rings (SSSR count). The van der Waals surface area contributed by atoms with Crippen LogP contribution in [0.4, 0.5) is 4.79 Å². The number of carbonyl (C=O) groups excluding carboxylic acids is 2. The molecule has 2 heterocycles. The Labute approximate surface area is 208 Å². The van der Waals surface area contributed by atoms with Gasteiger partial charge in [0.1, 0.15) is 11.9 Å². The molecule has 6 heteroatoms. The molecule has 1 spiro atoms. The highest BCUT2D eigenvalue weighted by molar-refractivity contribution is 5.78. The number of nitrogens with one attached hydrogen (secondary N) is 1. The van der Waals surface area contributed by atoms with Gasteiger partial charge in [0.15, 0.2) is 0 Å². The lowest BCUT2D eigenvalue weighted by Gasteiger charge is -2.52. The van der Waals surface area contributed by atoms with Crippen molar-refractivity contribution in [2.45, 2.75) is 69.6 Å². The fourth-order valence-corrected chi connectivity index (χ4v) is 6.86. The second-order valence-corrected chi connectivity index (χ2v) is 10.3. The molecule has 0 radical (unpaired) electrons. The molecule has 0 unspecified atom stereocenters.